The van der Waals surface area contributed by atoms with E-state index in [9.17, 15) is 9.59 Å². The van der Waals surface area contributed by atoms with Gasteiger partial charge in [0.2, 0.25) is 0 Å². The first-order valence-electron chi connectivity index (χ1n) is 11.9. The third-order valence-electron chi connectivity index (χ3n) is 6.35. The Bertz CT molecular complexity index is 1010. The number of hydrogen-bond acceptors (Lipinski definition) is 6. The van der Waals surface area contributed by atoms with E-state index in [0.29, 0.717) is 67.9 Å². The molecule has 1 unspecified atom stereocenters. The van der Waals surface area contributed by atoms with Gasteiger partial charge in [0.05, 0.1) is 43.6 Å². The summed E-state index contributed by atoms with van der Waals surface area (Å²) in [4.78, 5) is 32.5. The molecule has 0 bridgehead atoms. The number of carbonyl (C=O) groups excluding carboxylic acids is 2. The molecule has 2 aromatic carbocycles. The molecule has 0 spiro atoms. The van der Waals surface area contributed by atoms with Gasteiger partial charge in [-0.05, 0) is 30.3 Å². The molecular formula is C26H32ClN3O5. The molecule has 4 rings (SSSR count). The summed E-state index contributed by atoms with van der Waals surface area (Å²) < 4.78 is 16.8. The maximum Gasteiger partial charge on any atom is 0.255 e. The zero-order chi connectivity index (χ0) is 24.6. The van der Waals surface area contributed by atoms with Crippen LogP contribution in [0.3, 0.4) is 0 Å². The summed E-state index contributed by atoms with van der Waals surface area (Å²) in [6.07, 6.45) is -0.297. The number of morpholine rings is 2. The van der Waals surface area contributed by atoms with Crippen molar-refractivity contribution >= 4 is 23.4 Å². The Hall–Kier alpha value is -2.65. The summed E-state index contributed by atoms with van der Waals surface area (Å²) in [6.45, 7) is 6.06. The highest BCUT2D eigenvalue weighted by Gasteiger charge is 2.29. The van der Waals surface area contributed by atoms with Crippen molar-refractivity contribution in [2.75, 3.05) is 72.7 Å². The second-order valence-electron chi connectivity index (χ2n) is 8.66. The van der Waals surface area contributed by atoms with Crippen LogP contribution in [0.4, 0.5) is 0 Å². The summed E-state index contributed by atoms with van der Waals surface area (Å²) >= 11 is 6.25. The summed E-state index contributed by atoms with van der Waals surface area (Å²) in [6, 6.07) is 14.2. The molecule has 0 saturated carbocycles. The summed E-state index contributed by atoms with van der Waals surface area (Å²) in [5.41, 5.74) is 1.04. The SMILES string of the molecule is COc1cccc(C(=O)N(CCN2CCOCC2)CC2CN(C(=O)c3ccccc3Cl)CCO2)c1. The average Bonchev–Trinajstić information content (AvgIpc) is 2.91. The average molecular weight is 502 g/mol. The van der Waals surface area contributed by atoms with Crippen LogP contribution in [0.15, 0.2) is 48.5 Å². The van der Waals surface area contributed by atoms with Crippen LogP contribution in [0, 0.1) is 0 Å². The van der Waals surface area contributed by atoms with Gasteiger partial charge in [-0.1, -0.05) is 29.8 Å². The van der Waals surface area contributed by atoms with E-state index in [2.05, 4.69) is 4.90 Å². The Balaban J connectivity index is 1.46. The number of carbonyl (C=O) groups is 2. The van der Waals surface area contributed by atoms with Crippen molar-refractivity contribution in [3.8, 4) is 5.75 Å². The monoisotopic (exact) mass is 501 g/mol. The van der Waals surface area contributed by atoms with Crippen LogP contribution in [0.2, 0.25) is 5.02 Å². The Kier molecular flexibility index (Phi) is 8.98. The molecule has 2 aliphatic rings. The number of halogens is 1. The second-order valence-corrected chi connectivity index (χ2v) is 9.07. The zero-order valence-electron chi connectivity index (χ0n) is 20.0. The van der Waals surface area contributed by atoms with Crippen LogP contribution >= 0.6 is 11.6 Å². The van der Waals surface area contributed by atoms with E-state index in [1.165, 1.54) is 0 Å². The first kappa shape index (κ1) is 25.4. The van der Waals surface area contributed by atoms with Crippen molar-refractivity contribution in [3.63, 3.8) is 0 Å². The largest absolute Gasteiger partial charge is 0.497 e. The molecule has 35 heavy (non-hydrogen) atoms. The van der Waals surface area contributed by atoms with Gasteiger partial charge >= 0.3 is 0 Å². The van der Waals surface area contributed by atoms with Crippen LogP contribution in [0.1, 0.15) is 20.7 Å². The molecule has 2 aromatic rings. The van der Waals surface area contributed by atoms with Crippen molar-refractivity contribution in [3.05, 3.63) is 64.7 Å². The van der Waals surface area contributed by atoms with Gasteiger partial charge in [0.15, 0.2) is 0 Å². The fraction of sp³-hybridized carbons (Fsp3) is 0.462. The Morgan fingerprint density at radius 3 is 2.66 bits per heavy atom. The van der Waals surface area contributed by atoms with Crippen LogP contribution < -0.4 is 4.74 Å². The molecule has 0 radical (unpaired) electrons. The minimum atomic E-state index is -0.297. The van der Waals surface area contributed by atoms with Gasteiger partial charge in [0.25, 0.3) is 11.8 Å². The van der Waals surface area contributed by atoms with Crippen molar-refractivity contribution < 1.29 is 23.8 Å². The second kappa shape index (κ2) is 12.4. The topological polar surface area (TPSA) is 71.6 Å². The molecule has 2 heterocycles. The lowest BCUT2D eigenvalue weighted by atomic mass is 10.1. The normalized spacial score (nSPS) is 18.8. The predicted octanol–water partition coefficient (Wildman–Crippen LogP) is 2.66. The highest BCUT2D eigenvalue weighted by atomic mass is 35.5. The maximum atomic E-state index is 13.5. The summed E-state index contributed by atoms with van der Waals surface area (Å²) in [7, 11) is 1.58. The van der Waals surface area contributed by atoms with Crippen LogP contribution in [0.25, 0.3) is 0 Å². The fourth-order valence-electron chi connectivity index (χ4n) is 4.37. The van der Waals surface area contributed by atoms with Crippen LogP contribution in [-0.4, -0.2) is 105 Å². The first-order valence-corrected chi connectivity index (χ1v) is 12.3. The number of nitrogens with zero attached hydrogens (tertiary/aromatic N) is 3. The van der Waals surface area contributed by atoms with Crippen molar-refractivity contribution in [2.24, 2.45) is 0 Å². The molecular weight excluding hydrogens is 470 g/mol. The molecule has 2 amide bonds. The number of hydrogen-bond donors (Lipinski definition) is 0. The number of methoxy groups -OCH3 is 1. The van der Waals surface area contributed by atoms with Gasteiger partial charge < -0.3 is 24.0 Å². The first-order chi connectivity index (χ1) is 17.0. The van der Waals surface area contributed by atoms with Crippen molar-refractivity contribution in [2.45, 2.75) is 6.10 Å². The van der Waals surface area contributed by atoms with E-state index in [-0.39, 0.29) is 17.9 Å². The van der Waals surface area contributed by atoms with E-state index >= 15 is 0 Å². The number of benzene rings is 2. The van der Waals surface area contributed by atoms with E-state index in [4.69, 9.17) is 25.8 Å². The minimum absolute atomic E-state index is 0.0877. The molecule has 0 N–H and O–H groups in total. The van der Waals surface area contributed by atoms with Gasteiger partial charge in [0.1, 0.15) is 5.75 Å². The molecule has 2 aliphatic heterocycles. The number of amides is 2. The molecule has 8 nitrogen and oxygen atoms in total. The summed E-state index contributed by atoms with van der Waals surface area (Å²) in [5.74, 6) is 0.424. The highest BCUT2D eigenvalue weighted by molar-refractivity contribution is 6.33. The smallest absolute Gasteiger partial charge is 0.255 e. The molecule has 2 saturated heterocycles. The fourth-order valence-corrected chi connectivity index (χ4v) is 4.58. The van der Waals surface area contributed by atoms with Crippen LogP contribution in [0.5, 0.6) is 5.75 Å². The summed E-state index contributed by atoms with van der Waals surface area (Å²) in [5, 5.41) is 0.431. The molecule has 2 fully saturated rings. The van der Waals surface area contributed by atoms with Crippen LogP contribution in [-0.2, 0) is 9.47 Å². The van der Waals surface area contributed by atoms with E-state index < -0.39 is 0 Å². The quantitative estimate of drug-likeness (QED) is 0.554. The Morgan fingerprint density at radius 1 is 1.09 bits per heavy atom. The van der Waals surface area contributed by atoms with E-state index in [0.717, 1.165) is 19.6 Å². The zero-order valence-corrected chi connectivity index (χ0v) is 20.8. The van der Waals surface area contributed by atoms with Crippen molar-refractivity contribution in [1.82, 2.24) is 14.7 Å². The van der Waals surface area contributed by atoms with Gasteiger partial charge in [0, 0.05) is 51.4 Å². The Morgan fingerprint density at radius 2 is 1.89 bits per heavy atom. The lowest BCUT2D eigenvalue weighted by molar-refractivity contribution is -0.0346. The van der Waals surface area contributed by atoms with Gasteiger partial charge in [-0.2, -0.15) is 0 Å². The van der Waals surface area contributed by atoms with Gasteiger partial charge in [-0.3, -0.25) is 14.5 Å². The molecule has 0 aliphatic carbocycles. The maximum absolute atomic E-state index is 13.5. The Labute approximate surface area is 211 Å². The number of rotatable bonds is 8. The lowest BCUT2D eigenvalue weighted by Crippen LogP contribution is -2.52. The minimum Gasteiger partial charge on any atom is -0.497 e. The lowest BCUT2D eigenvalue weighted by Gasteiger charge is -2.37. The van der Waals surface area contributed by atoms with E-state index in [1.807, 2.05) is 17.0 Å². The number of ether oxygens (including phenoxy) is 3. The van der Waals surface area contributed by atoms with Gasteiger partial charge in [-0.15, -0.1) is 0 Å². The molecule has 9 heteroatoms. The van der Waals surface area contributed by atoms with Crippen molar-refractivity contribution in [1.29, 1.82) is 0 Å². The third-order valence-corrected chi connectivity index (χ3v) is 6.68. The standard InChI is InChI=1S/C26H32ClN3O5/c1-33-21-6-4-5-20(17-21)25(31)29(10-9-28-11-14-34-15-12-28)18-22-19-30(13-16-35-22)26(32)23-7-2-3-8-24(23)27/h2-8,17,22H,9-16,18-19H2,1H3. The van der Waals surface area contributed by atoms with Gasteiger partial charge in [-0.25, -0.2) is 0 Å². The molecule has 1 atom stereocenters. The molecule has 188 valence electrons. The van der Waals surface area contributed by atoms with E-state index in [1.54, 1.807) is 48.4 Å². The third kappa shape index (κ3) is 6.73. The highest BCUT2D eigenvalue weighted by Crippen LogP contribution is 2.20. The molecule has 0 aromatic heterocycles. The predicted molar refractivity (Wildman–Crippen MR) is 133 cm³/mol.